The summed E-state index contributed by atoms with van der Waals surface area (Å²) in [4.78, 5) is 25.5. The van der Waals surface area contributed by atoms with Crippen molar-refractivity contribution in [3.8, 4) is 28.4 Å². The molecule has 0 saturated carbocycles. The number of para-hydroxylation sites is 1. The number of carboxylic acid groups (broad SMARTS) is 1. The molecule has 5 aromatic carbocycles. The molecule has 5 aromatic rings. The number of nitrogens with one attached hydrogen (secondary N) is 1. The highest BCUT2D eigenvalue weighted by Gasteiger charge is 2.23. The maximum Gasteiger partial charge on any atom is 0.326 e. The highest BCUT2D eigenvalue weighted by atomic mass is 79.9. The third kappa shape index (κ3) is 10.3. The predicted molar refractivity (Wildman–Crippen MR) is 189 cm³/mol. The predicted octanol–water partition coefficient (Wildman–Crippen LogP) is 9.52. The zero-order valence-corrected chi connectivity index (χ0v) is 27.7. The SMILES string of the molecule is O=C(NC(Cc1ccc(-c2ccc(Oc3ccccc3)cc2)cc1)C(=O)O)c1cc(Br)ccc1OCCCCCCc1ccccc1. The molecule has 0 aromatic heterocycles. The Morgan fingerprint density at radius 1 is 0.681 bits per heavy atom. The maximum absolute atomic E-state index is 13.3. The van der Waals surface area contributed by atoms with Crippen LogP contribution in [0.2, 0.25) is 0 Å². The lowest BCUT2D eigenvalue weighted by Gasteiger charge is -2.17. The first kappa shape index (κ1) is 33.5. The summed E-state index contributed by atoms with van der Waals surface area (Å²) >= 11 is 3.43. The van der Waals surface area contributed by atoms with E-state index in [1.165, 1.54) is 5.56 Å². The number of ether oxygens (including phenoxy) is 2. The van der Waals surface area contributed by atoms with E-state index in [9.17, 15) is 14.7 Å². The van der Waals surface area contributed by atoms with Gasteiger partial charge >= 0.3 is 5.97 Å². The first-order valence-electron chi connectivity index (χ1n) is 15.9. The minimum Gasteiger partial charge on any atom is -0.493 e. The Bertz CT molecular complexity index is 1730. The lowest BCUT2D eigenvalue weighted by atomic mass is 10.0. The molecule has 0 spiro atoms. The smallest absolute Gasteiger partial charge is 0.326 e. The topological polar surface area (TPSA) is 84.9 Å². The largest absolute Gasteiger partial charge is 0.493 e. The average Bonchev–Trinajstić information content (AvgIpc) is 3.09. The van der Waals surface area contributed by atoms with Crippen molar-refractivity contribution in [1.82, 2.24) is 5.32 Å². The van der Waals surface area contributed by atoms with E-state index in [-0.39, 0.29) is 6.42 Å². The monoisotopic (exact) mass is 691 g/mol. The molecule has 7 heteroatoms. The number of halogens is 1. The van der Waals surface area contributed by atoms with Crippen LogP contribution in [0.5, 0.6) is 17.2 Å². The zero-order chi connectivity index (χ0) is 32.8. The van der Waals surface area contributed by atoms with Crippen molar-refractivity contribution in [2.24, 2.45) is 0 Å². The molecule has 240 valence electrons. The molecule has 6 nitrogen and oxygen atoms in total. The second-order valence-electron chi connectivity index (χ2n) is 11.3. The van der Waals surface area contributed by atoms with Crippen molar-refractivity contribution in [3.63, 3.8) is 0 Å². The van der Waals surface area contributed by atoms with Crippen LogP contribution < -0.4 is 14.8 Å². The average molecular weight is 693 g/mol. The van der Waals surface area contributed by atoms with Gasteiger partial charge < -0.3 is 19.9 Å². The normalized spacial score (nSPS) is 11.4. The molecule has 0 bridgehead atoms. The fraction of sp³-hybridized carbons (Fsp3) is 0.200. The van der Waals surface area contributed by atoms with Gasteiger partial charge in [-0.1, -0.05) is 114 Å². The number of hydrogen-bond acceptors (Lipinski definition) is 4. The summed E-state index contributed by atoms with van der Waals surface area (Å²) in [5.41, 5.74) is 4.44. The Labute approximate surface area is 284 Å². The molecule has 0 saturated heterocycles. The van der Waals surface area contributed by atoms with Gasteiger partial charge in [-0.25, -0.2) is 4.79 Å². The van der Waals surface area contributed by atoms with Crippen LogP contribution in [0.25, 0.3) is 11.1 Å². The zero-order valence-electron chi connectivity index (χ0n) is 26.1. The summed E-state index contributed by atoms with van der Waals surface area (Å²) in [5.74, 6) is 0.346. The van der Waals surface area contributed by atoms with Crippen LogP contribution in [-0.2, 0) is 17.6 Å². The number of aliphatic carboxylic acids is 1. The van der Waals surface area contributed by atoms with Crippen molar-refractivity contribution in [3.05, 3.63) is 149 Å². The van der Waals surface area contributed by atoms with Gasteiger partial charge in [-0.15, -0.1) is 0 Å². The van der Waals surface area contributed by atoms with Crippen LogP contribution >= 0.6 is 15.9 Å². The Hall–Kier alpha value is -4.88. The number of hydrogen-bond donors (Lipinski definition) is 2. The molecule has 0 radical (unpaired) electrons. The molecule has 1 unspecified atom stereocenters. The number of carbonyl (C=O) groups is 2. The Morgan fingerprint density at radius 2 is 1.30 bits per heavy atom. The lowest BCUT2D eigenvalue weighted by molar-refractivity contribution is -0.139. The van der Waals surface area contributed by atoms with Gasteiger partial charge in [0.1, 0.15) is 23.3 Å². The molecule has 1 atom stereocenters. The van der Waals surface area contributed by atoms with Crippen molar-refractivity contribution in [2.45, 2.75) is 44.6 Å². The van der Waals surface area contributed by atoms with Crippen molar-refractivity contribution in [2.75, 3.05) is 6.61 Å². The standard InChI is InChI=1S/C40H38BrNO5/c41-33-22-25-38(46-26-10-2-1-5-11-29-12-6-3-7-13-29)36(28-33)39(43)42-37(40(44)45)27-30-16-18-31(19-17-30)32-20-23-35(24-21-32)47-34-14-8-4-9-15-34/h3-4,6-9,12-25,28,37H,1-2,5,10-11,26-27H2,(H,42,43)(H,44,45). The number of unbranched alkanes of at least 4 members (excludes halogenated alkanes) is 3. The molecular formula is C40H38BrNO5. The second kappa shape index (κ2) is 17.2. The van der Waals surface area contributed by atoms with Crippen molar-refractivity contribution in [1.29, 1.82) is 0 Å². The van der Waals surface area contributed by atoms with E-state index in [4.69, 9.17) is 9.47 Å². The molecule has 0 aliphatic rings. The number of aryl methyl sites for hydroxylation is 1. The molecule has 5 rings (SSSR count). The Kier molecular flexibility index (Phi) is 12.2. The van der Waals surface area contributed by atoms with Gasteiger partial charge in [-0.05, 0) is 84.0 Å². The fourth-order valence-corrected chi connectivity index (χ4v) is 5.62. The Morgan fingerprint density at radius 3 is 1.98 bits per heavy atom. The summed E-state index contributed by atoms with van der Waals surface area (Å²) in [5, 5.41) is 12.7. The first-order valence-corrected chi connectivity index (χ1v) is 16.7. The van der Waals surface area contributed by atoms with Gasteiger partial charge in [-0.2, -0.15) is 0 Å². The van der Waals surface area contributed by atoms with E-state index in [1.54, 1.807) is 12.1 Å². The molecule has 0 aliphatic heterocycles. The fourth-order valence-electron chi connectivity index (χ4n) is 5.26. The quantitative estimate of drug-likeness (QED) is 0.101. The van der Waals surface area contributed by atoms with Gasteiger partial charge in [0.05, 0.1) is 12.2 Å². The van der Waals surface area contributed by atoms with E-state index < -0.39 is 17.9 Å². The summed E-state index contributed by atoms with van der Waals surface area (Å²) in [6.45, 7) is 0.477. The van der Waals surface area contributed by atoms with E-state index in [0.29, 0.717) is 22.4 Å². The maximum atomic E-state index is 13.3. The molecule has 1 amide bonds. The minimum absolute atomic E-state index is 0.137. The van der Waals surface area contributed by atoms with Crippen molar-refractivity contribution >= 4 is 27.8 Å². The summed E-state index contributed by atoms with van der Waals surface area (Å²) in [6, 6.07) is 39.6. The van der Waals surface area contributed by atoms with Crippen LogP contribution in [0.3, 0.4) is 0 Å². The molecule has 0 aliphatic carbocycles. The van der Waals surface area contributed by atoms with Gasteiger partial charge in [0.2, 0.25) is 0 Å². The third-order valence-corrected chi connectivity index (χ3v) is 8.30. The molecule has 0 fully saturated rings. The van der Waals surface area contributed by atoms with E-state index in [0.717, 1.165) is 60.3 Å². The molecular weight excluding hydrogens is 654 g/mol. The van der Waals surface area contributed by atoms with Crippen LogP contribution in [0, 0.1) is 0 Å². The number of rotatable bonds is 16. The highest BCUT2D eigenvalue weighted by Crippen LogP contribution is 2.27. The number of amides is 1. The first-order chi connectivity index (χ1) is 22.9. The number of carbonyl (C=O) groups excluding carboxylic acids is 1. The molecule has 47 heavy (non-hydrogen) atoms. The van der Waals surface area contributed by atoms with Crippen molar-refractivity contribution < 1.29 is 24.2 Å². The van der Waals surface area contributed by atoms with E-state index in [1.807, 2.05) is 91.0 Å². The van der Waals surface area contributed by atoms with E-state index in [2.05, 4.69) is 45.5 Å². The summed E-state index contributed by atoms with van der Waals surface area (Å²) in [6.07, 6.45) is 5.31. The van der Waals surface area contributed by atoms with Crippen LogP contribution in [0.15, 0.2) is 132 Å². The van der Waals surface area contributed by atoms with E-state index >= 15 is 0 Å². The molecule has 2 N–H and O–H groups in total. The highest BCUT2D eigenvalue weighted by molar-refractivity contribution is 9.10. The van der Waals surface area contributed by atoms with Gasteiger partial charge in [0.25, 0.3) is 5.91 Å². The summed E-state index contributed by atoms with van der Waals surface area (Å²) in [7, 11) is 0. The van der Waals surface area contributed by atoms with Crippen LogP contribution in [0.4, 0.5) is 0 Å². The number of carboxylic acids is 1. The van der Waals surface area contributed by atoms with Crippen LogP contribution in [0.1, 0.15) is 47.2 Å². The van der Waals surface area contributed by atoms with Gasteiger partial charge in [0.15, 0.2) is 0 Å². The second-order valence-corrected chi connectivity index (χ2v) is 12.3. The number of benzene rings is 5. The van der Waals surface area contributed by atoms with Gasteiger partial charge in [-0.3, -0.25) is 4.79 Å². The van der Waals surface area contributed by atoms with Gasteiger partial charge in [0, 0.05) is 10.9 Å². The third-order valence-electron chi connectivity index (χ3n) is 7.81. The Balaban J connectivity index is 1.13. The minimum atomic E-state index is -1.11. The molecule has 0 heterocycles. The summed E-state index contributed by atoms with van der Waals surface area (Å²) < 4.78 is 12.6. The van der Waals surface area contributed by atoms with Crippen LogP contribution in [-0.4, -0.2) is 29.6 Å². The lowest BCUT2D eigenvalue weighted by Crippen LogP contribution is -2.42.